The summed E-state index contributed by atoms with van der Waals surface area (Å²) in [5, 5.41) is -0.130. The van der Waals surface area contributed by atoms with Crippen molar-refractivity contribution in [3.05, 3.63) is 70.6 Å². The molecule has 0 radical (unpaired) electrons. The van der Waals surface area contributed by atoms with Gasteiger partial charge in [0.15, 0.2) is 5.75 Å². The molecule has 0 saturated heterocycles. The molecule has 2 aromatic carbocycles. The first-order valence-electron chi connectivity index (χ1n) is 7.41. The highest BCUT2D eigenvalue weighted by Gasteiger charge is 2.48. The number of hydrogen-bond donors (Lipinski definition) is 0. The van der Waals surface area contributed by atoms with Crippen LogP contribution in [-0.2, 0) is 16.7 Å². The van der Waals surface area contributed by atoms with Crippen molar-refractivity contribution in [1.82, 2.24) is 0 Å². The molecule has 0 saturated carbocycles. The lowest BCUT2D eigenvalue weighted by Gasteiger charge is -2.11. The molecule has 3 aromatic rings. The number of fused-ring (bicyclic) bond motifs is 1. The second-order valence-electron chi connectivity index (χ2n) is 5.35. The molecular formula is C17H11F3O6S. The van der Waals surface area contributed by atoms with E-state index in [0.29, 0.717) is 6.07 Å². The van der Waals surface area contributed by atoms with Gasteiger partial charge in [-0.25, -0.2) is 4.79 Å². The summed E-state index contributed by atoms with van der Waals surface area (Å²) in [4.78, 5) is 11.6. The summed E-state index contributed by atoms with van der Waals surface area (Å²) in [6.45, 7) is 0.204. The van der Waals surface area contributed by atoms with Crippen molar-refractivity contribution in [3.8, 4) is 11.5 Å². The van der Waals surface area contributed by atoms with Gasteiger partial charge in [0.2, 0.25) is 0 Å². The second kappa shape index (κ2) is 6.95. The van der Waals surface area contributed by atoms with Crippen LogP contribution >= 0.6 is 0 Å². The number of alkyl halides is 3. The van der Waals surface area contributed by atoms with Crippen LogP contribution in [0.4, 0.5) is 13.2 Å². The number of hydrogen-bond acceptors (Lipinski definition) is 6. The van der Waals surface area contributed by atoms with Crippen molar-refractivity contribution in [2.24, 2.45) is 0 Å². The highest BCUT2D eigenvalue weighted by atomic mass is 32.2. The standard InChI is InChI=1S/C17H11F3O6S/c18-17(19,20)27(22,23)26-15-9-16(21)25-14-8-12(6-7-13(14)15)24-10-11-4-2-1-3-5-11/h1-9H,10H2. The quantitative estimate of drug-likeness (QED) is 0.370. The predicted molar refractivity (Wildman–Crippen MR) is 88.9 cm³/mol. The van der Waals surface area contributed by atoms with Crippen molar-refractivity contribution in [2.75, 3.05) is 0 Å². The van der Waals surface area contributed by atoms with E-state index in [2.05, 4.69) is 4.18 Å². The van der Waals surface area contributed by atoms with Crippen molar-refractivity contribution in [2.45, 2.75) is 12.1 Å². The third-order valence-electron chi connectivity index (χ3n) is 3.41. The van der Waals surface area contributed by atoms with Gasteiger partial charge in [-0.1, -0.05) is 30.3 Å². The van der Waals surface area contributed by atoms with Crippen molar-refractivity contribution < 1.29 is 34.9 Å². The fourth-order valence-corrected chi connectivity index (χ4v) is 2.65. The molecule has 1 heterocycles. The molecule has 0 N–H and O–H groups in total. The average Bonchev–Trinajstić information content (AvgIpc) is 2.59. The highest BCUT2D eigenvalue weighted by molar-refractivity contribution is 7.88. The van der Waals surface area contributed by atoms with Crippen molar-refractivity contribution >= 4 is 21.1 Å². The minimum atomic E-state index is -5.93. The average molecular weight is 400 g/mol. The minimum absolute atomic E-state index is 0.130. The van der Waals surface area contributed by atoms with Crippen LogP contribution in [0.5, 0.6) is 11.5 Å². The lowest BCUT2D eigenvalue weighted by molar-refractivity contribution is -0.0499. The zero-order valence-corrected chi connectivity index (χ0v) is 14.2. The Balaban J connectivity index is 1.93. The molecule has 0 amide bonds. The molecule has 0 aliphatic heterocycles. The van der Waals surface area contributed by atoms with Gasteiger partial charge in [0.1, 0.15) is 17.9 Å². The van der Waals surface area contributed by atoms with E-state index >= 15 is 0 Å². The minimum Gasteiger partial charge on any atom is -0.489 e. The maximum absolute atomic E-state index is 12.5. The van der Waals surface area contributed by atoms with Gasteiger partial charge in [-0.2, -0.15) is 21.6 Å². The predicted octanol–water partition coefficient (Wildman–Crippen LogP) is 3.60. The van der Waals surface area contributed by atoms with Gasteiger partial charge in [0.25, 0.3) is 0 Å². The summed E-state index contributed by atoms with van der Waals surface area (Å²) < 4.78 is 74.4. The maximum atomic E-state index is 12.5. The molecule has 0 atom stereocenters. The van der Waals surface area contributed by atoms with Gasteiger partial charge >= 0.3 is 21.3 Å². The van der Waals surface area contributed by atoms with Crippen LogP contribution < -0.4 is 14.5 Å². The lowest BCUT2D eigenvalue weighted by Crippen LogP contribution is -2.28. The Bertz CT molecular complexity index is 1120. The van der Waals surface area contributed by atoms with E-state index in [1.165, 1.54) is 18.2 Å². The van der Waals surface area contributed by atoms with E-state index in [9.17, 15) is 26.4 Å². The third kappa shape index (κ3) is 4.22. The van der Waals surface area contributed by atoms with Gasteiger partial charge in [-0.05, 0) is 17.7 Å². The molecule has 0 unspecified atom stereocenters. The Kier molecular flexibility index (Phi) is 4.83. The molecule has 0 spiro atoms. The third-order valence-corrected chi connectivity index (χ3v) is 4.38. The largest absolute Gasteiger partial charge is 0.534 e. The zero-order chi connectivity index (χ0) is 19.7. The van der Waals surface area contributed by atoms with E-state index in [1.807, 2.05) is 30.3 Å². The van der Waals surface area contributed by atoms with E-state index in [0.717, 1.165) is 5.56 Å². The fraction of sp³-hybridized carbons (Fsp3) is 0.118. The summed E-state index contributed by atoms with van der Waals surface area (Å²) >= 11 is 0. The number of halogens is 3. The smallest absolute Gasteiger partial charge is 0.489 e. The summed E-state index contributed by atoms with van der Waals surface area (Å²) in [6, 6.07) is 13.5. The van der Waals surface area contributed by atoms with E-state index in [-0.39, 0.29) is 23.3 Å². The maximum Gasteiger partial charge on any atom is 0.534 e. The van der Waals surface area contributed by atoms with E-state index in [1.54, 1.807) is 0 Å². The Morgan fingerprint density at radius 2 is 1.70 bits per heavy atom. The van der Waals surface area contributed by atoms with Gasteiger partial charge < -0.3 is 13.3 Å². The van der Waals surface area contributed by atoms with Crippen LogP contribution in [0.2, 0.25) is 0 Å². The van der Waals surface area contributed by atoms with Crippen LogP contribution in [0.3, 0.4) is 0 Å². The number of benzene rings is 2. The molecule has 27 heavy (non-hydrogen) atoms. The van der Waals surface area contributed by atoms with Crippen LogP contribution in [0, 0.1) is 0 Å². The summed E-state index contributed by atoms with van der Waals surface area (Å²) in [5.74, 6) is -0.515. The van der Waals surface area contributed by atoms with Crippen molar-refractivity contribution in [3.63, 3.8) is 0 Å². The molecular weight excluding hydrogens is 389 g/mol. The van der Waals surface area contributed by atoms with Gasteiger partial charge in [0.05, 0.1) is 11.5 Å². The first-order valence-corrected chi connectivity index (χ1v) is 8.82. The molecule has 142 valence electrons. The summed E-state index contributed by atoms with van der Waals surface area (Å²) in [6.07, 6.45) is 0. The molecule has 3 rings (SSSR count). The summed E-state index contributed by atoms with van der Waals surface area (Å²) in [5.41, 5.74) is -6.02. The SMILES string of the molecule is O=c1cc(OS(=O)(=O)C(F)(F)F)c2ccc(OCc3ccccc3)cc2o1. The fourth-order valence-electron chi connectivity index (χ4n) is 2.18. The molecule has 0 aliphatic rings. The molecule has 0 bridgehead atoms. The van der Waals surface area contributed by atoms with E-state index in [4.69, 9.17) is 9.15 Å². The number of rotatable bonds is 5. The molecule has 10 heteroatoms. The zero-order valence-electron chi connectivity index (χ0n) is 13.4. The topological polar surface area (TPSA) is 82.8 Å². The molecule has 0 fully saturated rings. The Morgan fingerprint density at radius 1 is 1.00 bits per heavy atom. The first kappa shape index (κ1) is 18.8. The first-order chi connectivity index (χ1) is 12.7. The number of ether oxygens (including phenoxy) is 1. The Morgan fingerprint density at radius 3 is 2.37 bits per heavy atom. The van der Waals surface area contributed by atoms with Crippen LogP contribution in [0.1, 0.15) is 5.56 Å². The van der Waals surface area contributed by atoms with E-state index < -0.39 is 27.0 Å². The highest BCUT2D eigenvalue weighted by Crippen LogP contribution is 2.32. The van der Waals surface area contributed by atoms with Crippen LogP contribution in [0.15, 0.2) is 63.8 Å². The van der Waals surface area contributed by atoms with Crippen molar-refractivity contribution in [1.29, 1.82) is 0 Å². The summed E-state index contributed by atoms with van der Waals surface area (Å²) in [7, 11) is -5.93. The Hall–Kier alpha value is -3.01. The van der Waals surface area contributed by atoms with Gasteiger partial charge in [0, 0.05) is 6.07 Å². The lowest BCUT2D eigenvalue weighted by atomic mass is 10.2. The van der Waals surface area contributed by atoms with Crippen LogP contribution in [-0.4, -0.2) is 13.9 Å². The van der Waals surface area contributed by atoms with Crippen LogP contribution in [0.25, 0.3) is 11.0 Å². The molecule has 6 nitrogen and oxygen atoms in total. The second-order valence-corrected chi connectivity index (χ2v) is 6.88. The molecule has 1 aromatic heterocycles. The Labute approximate surface area is 150 Å². The normalized spacial score (nSPS) is 12.1. The monoisotopic (exact) mass is 400 g/mol. The van der Waals surface area contributed by atoms with Gasteiger partial charge in [-0.3, -0.25) is 0 Å². The molecule has 0 aliphatic carbocycles. The van der Waals surface area contributed by atoms with Gasteiger partial charge in [-0.15, -0.1) is 0 Å².